The molecule has 2 atom stereocenters. The first kappa shape index (κ1) is 27.9. The standard InChI is InChI=1S/C29H46O6/c1-5-29(4,27(32)35-24-17-18-33-19-24)20-28(2,3)26(31)34-23-14-12-22(13-15-23)25(30)16-11-21-9-7-6-8-10-21/h11,16,21-24H,5-10,12-15,17-20H2,1-4H3. The second-order valence-electron chi connectivity index (χ2n) is 11.9. The largest absolute Gasteiger partial charge is 0.462 e. The van der Waals surface area contributed by atoms with Crippen LogP contribution in [0.5, 0.6) is 0 Å². The molecule has 0 radical (unpaired) electrons. The number of hydrogen-bond donors (Lipinski definition) is 0. The fraction of sp³-hybridized carbons (Fsp3) is 0.828. The highest BCUT2D eigenvalue weighted by Gasteiger charge is 2.44. The van der Waals surface area contributed by atoms with Crippen LogP contribution in [0, 0.1) is 22.7 Å². The van der Waals surface area contributed by atoms with Crippen molar-refractivity contribution in [3.8, 4) is 0 Å². The number of carbonyl (C=O) groups excluding carboxylic acids is 3. The van der Waals surface area contributed by atoms with E-state index in [9.17, 15) is 14.4 Å². The van der Waals surface area contributed by atoms with Crippen LogP contribution in [-0.4, -0.2) is 43.1 Å². The van der Waals surface area contributed by atoms with Crippen molar-refractivity contribution in [1.29, 1.82) is 0 Å². The summed E-state index contributed by atoms with van der Waals surface area (Å²) in [4.78, 5) is 38.7. The number of ether oxygens (including phenoxy) is 3. The molecule has 3 aliphatic rings. The van der Waals surface area contributed by atoms with Crippen molar-refractivity contribution in [3.63, 3.8) is 0 Å². The molecule has 2 unspecified atom stereocenters. The molecule has 2 aliphatic carbocycles. The smallest absolute Gasteiger partial charge is 0.312 e. The molecule has 0 aromatic carbocycles. The number of esters is 2. The molecular weight excluding hydrogens is 444 g/mol. The van der Waals surface area contributed by atoms with Gasteiger partial charge < -0.3 is 14.2 Å². The van der Waals surface area contributed by atoms with Gasteiger partial charge in [-0.3, -0.25) is 14.4 Å². The lowest BCUT2D eigenvalue weighted by atomic mass is 9.72. The van der Waals surface area contributed by atoms with Crippen molar-refractivity contribution in [3.05, 3.63) is 12.2 Å². The number of ketones is 1. The summed E-state index contributed by atoms with van der Waals surface area (Å²) in [7, 11) is 0. The Balaban J connectivity index is 1.46. The summed E-state index contributed by atoms with van der Waals surface area (Å²) in [6.07, 6.45) is 14.4. The van der Waals surface area contributed by atoms with Crippen molar-refractivity contribution in [2.24, 2.45) is 22.7 Å². The van der Waals surface area contributed by atoms with E-state index in [1.54, 1.807) is 0 Å². The third-order valence-corrected chi connectivity index (χ3v) is 8.35. The highest BCUT2D eigenvalue weighted by atomic mass is 16.6. The van der Waals surface area contributed by atoms with Gasteiger partial charge in [0, 0.05) is 12.3 Å². The molecule has 6 nitrogen and oxygen atoms in total. The minimum absolute atomic E-state index is 0.0375. The van der Waals surface area contributed by atoms with Crippen LogP contribution < -0.4 is 0 Å². The van der Waals surface area contributed by atoms with Crippen LogP contribution in [0.3, 0.4) is 0 Å². The second-order valence-corrected chi connectivity index (χ2v) is 11.9. The van der Waals surface area contributed by atoms with Crippen LogP contribution >= 0.6 is 0 Å². The van der Waals surface area contributed by atoms with E-state index in [4.69, 9.17) is 14.2 Å². The van der Waals surface area contributed by atoms with E-state index in [-0.39, 0.29) is 35.8 Å². The first-order valence-corrected chi connectivity index (χ1v) is 13.8. The maximum atomic E-state index is 13.1. The summed E-state index contributed by atoms with van der Waals surface area (Å²) >= 11 is 0. The Hall–Kier alpha value is -1.69. The van der Waals surface area contributed by atoms with Gasteiger partial charge >= 0.3 is 11.9 Å². The zero-order valence-electron chi connectivity index (χ0n) is 22.3. The molecule has 6 heteroatoms. The van der Waals surface area contributed by atoms with Gasteiger partial charge in [0.1, 0.15) is 12.2 Å². The average Bonchev–Trinajstić information content (AvgIpc) is 3.36. The Morgan fingerprint density at radius 1 is 0.857 bits per heavy atom. The SMILES string of the molecule is CCC(C)(CC(C)(C)C(=O)OC1CCC(C(=O)C=CC2CCCCC2)CC1)C(=O)OC1CCOC1. The van der Waals surface area contributed by atoms with Crippen molar-refractivity contribution in [1.82, 2.24) is 0 Å². The zero-order chi connectivity index (χ0) is 25.5. The minimum atomic E-state index is -0.814. The molecule has 0 amide bonds. The molecule has 0 N–H and O–H groups in total. The van der Waals surface area contributed by atoms with E-state index >= 15 is 0 Å². The molecule has 3 rings (SSSR count). The Kier molecular flexibility index (Phi) is 9.97. The van der Waals surface area contributed by atoms with E-state index in [1.807, 2.05) is 33.8 Å². The van der Waals surface area contributed by atoms with Gasteiger partial charge in [0.2, 0.25) is 0 Å². The average molecular weight is 491 g/mol. The van der Waals surface area contributed by atoms with Gasteiger partial charge in [-0.1, -0.05) is 32.3 Å². The fourth-order valence-electron chi connectivity index (χ4n) is 5.76. The molecule has 0 bridgehead atoms. The monoisotopic (exact) mass is 490 g/mol. The lowest BCUT2D eigenvalue weighted by Crippen LogP contribution is -2.41. The van der Waals surface area contributed by atoms with Crippen LogP contribution in [-0.2, 0) is 28.6 Å². The molecule has 2 saturated carbocycles. The second kappa shape index (κ2) is 12.5. The fourth-order valence-corrected chi connectivity index (χ4v) is 5.76. The normalized spacial score (nSPS) is 27.9. The minimum Gasteiger partial charge on any atom is -0.462 e. The van der Waals surface area contributed by atoms with E-state index in [0.29, 0.717) is 44.8 Å². The summed E-state index contributed by atoms with van der Waals surface area (Å²) < 4.78 is 16.9. The third kappa shape index (κ3) is 7.90. The highest BCUT2D eigenvalue weighted by Crippen LogP contribution is 2.40. The van der Waals surface area contributed by atoms with Crippen LogP contribution in [0.25, 0.3) is 0 Å². The van der Waals surface area contributed by atoms with Crippen LogP contribution in [0.15, 0.2) is 12.2 Å². The summed E-state index contributed by atoms with van der Waals surface area (Å²) in [6, 6.07) is 0. The van der Waals surface area contributed by atoms with Crippen molar-refractivity contribution >= 4 is 17.7 Å². The van der Waals surface area contributed by atoms with Crippen LogP contribution in [0.4, 0.5) is 0 Å². The summed E-state index contributed by atoms with van der Waals surface area (Å²) in [6.45, 7) is 8.58. The Bertz CT molecular complexity index is 751. The van der Waals surface area contributed by atoms with E-state index in [0.717, 1.165) is 19.3 Å². The number of allylic oxidation sites excluding steroid dienone is 2. The first-order chi connectivity index (χ1) is 16.6. The van der Waals surface area contributed by atoms with Crippen molar-refractivity contribution < 1.29 is 28.6 Å². The van der Waals surface area contributed by atoms with Gasteiger partial charge in [-0.2, -0.15) is 0 Å². The predicted molar refractivity (Wildman–Crippen MR) is 135 cm³/mol. The lowest BCUT2D eigenvalue weighted by Gasteiger charge is -2.36. The summed E-state index contributed by atoms with van der Waals surface area (Å²) in [5, 5.41) is 0. The quantitative estimate of drug-likeness (QED) is 0.278. The molecule has 1 saturated heterocycles. The Labute approximate surface area is 211 Å². The molecule has 35 heavy (non-hydrogen) atoms. The molecule has 1 heterocycles. The number of hydrogen-bond acceptors (Lipinski definition) is 6. The first-order valence-electron chi connectivity index (χ1n) is 13.8. The molecule has 0 spiro atoms. The van der Waals surface area contributed by atoms with E-state index < -0.39 is 10.8 Å². The summed E-state index contributed by atoms with van der Waals surface area (Å²) in [5.41, 5.74) is -1.58. The van der Waals surface area contributed by atoms with Gasteiger partial charge in [0.25, 0.3) is 0 Å². The maximum absolute atomic E-state index is 13.1. The number of rotatable bonds is 10. The molecular formula is C29H46O6. The van der Waals surface area contributed by atoms with Crippen molar-refractivity contribution in [2.45, 2.75) is 117 Å². The molecule has 0 aromatic heterocycles. The van der Waals surface area contributed by atoms with Gasteiger partial charge in [-0.25, -0.2) is 0 Å². The Morgan fingerprint density at radius 3 is 2.11 bits per heavy atom. The molecule has 198 valence electrons. The zero-order valence-corrected chi connectivity index (χ0v) is 22.3. The maximum Gasteiger partial charge on any atom is 0.312 e. The molecule has 1 aliphatic heterocycles. The predicted octanol–water partition coefficient (Wildman–Crippen LogP) is 5.96. The Morgan fingerprint density at radius 2 is 1.51 bits per heavy atom. The van der Waals surface area contributed by atoms with Gasteiger partial charge in [0.05, 0.1) is 24.0 Å². The van der Waals surface area contributed by atoms with Crippen molar-refractivity contribution in [2.75, 3.05) is 13.2 Å². The van der Waals surface area contributed by atoms with Crippen LogP contribution in [0.1, 0.15) is 105 Å². The van der Waals surface area contributed by atoms with Gasteiger partial charge in [-0.15, -0.1) is 0 Å². The van der Waals surface area contributed by atoms with E-state index in [1.165, 1.54) is 32.1 Å². The third-order valence-electron chi connectivity index (χ3n) is 8.35. The van der Waals surface area contributed by atoms with Crippen LogP contribution in [0.2, 0.25) is 0 Å². The molecule has 0 aromatic rings. The topological polar surface area (TPSA) is 78.9 Å². The molecule has 3 fully saturated rings. The lowest BCUT2D eigenvalue weighted by molar-refractivity contribution is -0.169. The summed E-state index contributed by atoms with van der Waals surface area (Å²) in [5.74, 6) is 0.281. The van der Waals surface area contributed by atoms with Gasteiger partial charge in [-0.05, 0) is 84.1 Å². The highest BCUT2D eigenvalue weighted by molar-refractivity contribution is 5.91. The van der Waals surface area contributed by atoms with Gasteiger partial charge in [0.15, 0.2) is 5.78 Å². The van der Waals surface area contributed by atoms with E-state index in [2.05, 4.69) is 6.08 Å². The number of carbonyl (C=O) groups is 3.